The zero-order valence-electron chi connectivity index (χ0n) is 17.0. The van der Waals surface area contributed by atoms with Gasteiger partial charge in [0, 0.05) is 19.2 Å². The Morgan fingerprint density at radius 1 is 0.933 bits per heavy atom. The fourth-order valence-corrected chi connectivity index (χ4v) is 3.44. The Morgan fingerprint density at radius 3 is 2.33 bits per heavy atom. The molecular formula is C25H25NO4. The summed E-state index contributed by atoms with van der Waals surface area (Å²) in [5.41, 5.74) is 2.29. The number of rotatable bonds is 8. The molecule has 0 spiro atoms. The summed E-state index contributed by atoms with van der Waals surface area (Å²) in [6.45, 7) is 3.15. The molecule has 0 N–H and O–H groups in total. The number of fused-ring (bicyclic) bond motifs is 1. The number of amides is 1. The topological polar surface area (TPSA) is 48.0 Å². The lowest BCUT2D eigenvalue weighted by molar-refractivity contribution is -0.138. The van der Waals surface area contributed by atoms with Gasteiger partial charge in [-0.25, -0.2) is 0 Å². The standard InChI is InChI=1S/C25H25NO4/c1-19(30-22-12-13-23-24(16-22)29-18-28-23)25(27)26(17-21-10-6-3-7-11-21)15-14-20-8-4-2-5-9-20/h2-13,16,19H,14-15,17-18H2,1H3/t19-/m1/s1. The maximum absolute atomic E-state index is 13.3. The van der Waals surface area contributed by atoms with Crippen LogP contribution >= 0.6 is 0 Å². The summed E-state index contributed by atoms with van der Waals surface area (Å²) in [6.07, 6.45) is 0.167. The monoisotopic (exact) mass is 403 g/mol. The van der Waals surface area contributed by atoms with Crippen LogP contribution in [-0.2, 0) is 17.8 Å². The molecule has 5 heteroatoms. The number of nitrogens with zero attached hydrogens (tertiary/aromatic N) is 1. The first-order valence-electron chi connectivity index (χ1n) is 10.1. The van der Waals surface area contributed by atoms with Gasteiger partial charge in [0.25, 0.3) is 5.91 Å². The normalized spacial score (nSPS) is 13.0. The summed E-state index contributed by atoms with van der Waals surface area (Å²) in [5, 5.41) is 0. The van der Waals surface area contributed by atoms with Gasteiger partial charge < -0.3 is 19.1 Å². The fourth-order valence-electron chi connectivity index (χ4n) is 3.44. The van der Waals surface area contributed by atoms with Crippen molar-refractivity contribution in [2.45, 2.75) is 26.0 Å². The molecule has 0 radical (unpaired) electrons. The second-order valence-corrected chi connectivity index (χ2v) is 7.26. The van der Waals surface area contributed by atoms with Gasteiger partial charge in [-0.15, -0.1) is 0 Å². The summed E-state index contributed by atoms with van der Waals surface area (Å²) in [7, 11) is 0. The first-order valence-corrected chi connectivity index (χ1v) is 10.1. The van der Waals surface area contributed by atoms with Gasteiger partial charge in [0.05, 0.1) is 0 Å². The molecule has 4 rings (SSSR count). The highest BCUT2D eigenvalue weighted by molar-refractivity contribution is 5.81. The molecule has 0 saturated carbocycles. The van der Waals surface area contributed by atoms with Crippen LogP contribution in [0.5, 0.6) is 17.2 Å². The summed E-state index contributed by atoms with van der Waals surface area (Å²) >= 11 is 0. The molecule has 0 aromatic heterocycles. The molecule has 1 aliphatic rings. The number of carbonyl (C=O) groups is 1. The molecule has 1 heterocycles. The predicted octanol–water partition coefficient (Wildman–Crippen LogP) is 4.45. The minimum atomic E-state index is -0.621. The Labute approximate surface area is 176 Å². The van der Waals surface area contributed by atoms with Crippen LogP contribution in [0.2, 0.25) is 0 Å². The van der Waals surface area contributed by atoms with E-state index in [1.165, 1.54) is 5.56 Å². The van der Waals surface area contributed by atoms with E-state index in [1.54, 1.807) is 25.1 Å². The maximum Gasteiger partial charge on any atom is 0.263 e. The average molecular weight is 403 g/mol. The third-order valence-corrected chi connectivity index (χ3v) is 5.05. The highest BCUT2D eigenvalue weighted by Gasteiger charge is 2.23. The van der Waals surface area contributed by atoms with Crippen molar-refractivity contribution in [1.29, 1.82) is 0 Å². The van der Waals surface area contributed by atoms with Crippen LogP contribution in [0.15, 0.2) is 78.9 Å². The lowest BCUT2D eigenvalue weighted by atomic mass is 10.1. The van der Waals surface area contributed by atoms with Crippen molar-refractivity contribution in [3.05, 3.63) is 90.0 Å². The molecule has 1 atom stereocenters. The molecule has 0 unspecified atom stereocenters. The van der Waals surface area contributed by atoms with E-state index in [0.717, 1.165) is 12.0 Å². The van der Waals surface area contributed by atoms with Crippen molar-refractivity contribution in [3.63, 3.8) is 0 Å². The molecule has 30 heavy (non-hydrogen) atoms. The molecule has 0 fully saturated rings. The van der Waals surface area contributed by atoms with Gasteiger partial charge in [-0.05, 0) is 36.6 Å². The van der Waals surface area contributed by atoms with E-state index >= 15 is 0 Å². The van der Waals surface area contributed by atoms with Crippen molar-refractivity contribution < 1.29 is 19.0 Å². The Bertz CT molecular complexity index is 975. The van der Waals surface area contributed by atoms with Crippen LogP contribution < -0.4 is 14.2 Å². The van der Waals surface area contributed by atoms with E-state index in [1.807, 2.05) is 53.4 Å². The Balaban J connectivity index is 1.45. The highest BCUT2D eigenvalue weighted by atomic mass is 16.7. The summed E-state index contributed by atoms with van der Waals surface area (Å²) in [6, 6.07) is 25.6. The lowest BCUT2D eigenvalue weighted by Crippen LogP contribution is -2.41. The molecule has 0 aliphatic carbocycles. The van der Waals surface area contributed by atoms with Crippen molar-refractivity contribution in [3.8, 4) is 17.2 Å². The zero-order chi connectivity index (χ0) is 20.8. The second kappa shape index (κ2) is 9.35. The van der Waals surface area contributed by atoms with Crippen LogP contribution in [0.4, 0.5) is 0 Å². The molecule has 154 valence electrons. The van der Waals surface area contributed by atoms with E-state index in [2.05, 4.69) is 12.1 Å². The Hall–Kier alpha value is -3.47. The minimum absolute atomic E-state index is 0.0487. The molecule has 0 saturated heterocycles. The van der Waals surface area contributed by atoms with Crippen LogP contribution in [-0.4, -0.2) is 30.2 Å². The molecule has 1 amide bonds. The number of hydrogen-bond acceptors (Lipinski definition) is 4. The van der Waals surface area contributed by atoms with Gasteiger partial charge in [-0.1, -0.05) is 60.7 Å². The van der Waals surface area contributed by atoms with Gasteiger partial charge in [0.15, 0.2) is 17.6 Å². The van der Waals surface area contributed by atoms with Crippen molar-refractivity contribution >= 4 is 5.91 Å². The molecule has 5 nitrogen and oxygen atoms in total. The third kappa shape index (κ3) is 4.92. The first kappa shape index (κ1) is 19.8. The zero-order valence-corrected chi connectivity index (χ0v) is 17.0. The van der Waals surface area contributed by atoms with E-state index in [-0.39, 0.29) is 12.7 Å². The van der Waals surface area contributed by atoms with E-state index in [0.29, 0.717) is 30.3 Å². The second-order valence-electron chi connectivity index (χ2n) is 7.26. The van der Waals surface area contributed by atoms with E-state index < -0.39 is 6.10 Å². The quantitative estimate of drug-likeness (QED) is 0.557. The van der Waals surface area contributed by atoms with Crippen molar-refractivity contribution in [2.24, 2.45) is 0 Å². The fraction of sp³-hybridized carbons (Fsp3) is 0.240. The smallest absolute Gasteiger partial charge is 0.263 e. The Kier molecular flexibility index (Phi) is 6.18. The van der Waals surface area contributed by atoms with Crippen molar-refractivity contribution in [1.82, 2.24) is 4.90 Å². The highest BCUT2D eigenvalue weighted by Crippen LogP contribution is 2.35. The van der Waals surface area contributed by atoms with E-state index in [9.17, 15) is 4.79 Å². The first-order chi connectivity index (χ1) is 14.7. The van der Waals surface area contributed by atoms with Gasteiger partial charge >= 0.3 is 0 Å². The molecule has 0 bridgehead atoms. The van der Waals surface area contributed by atoms with Gasteiger partial charge in [-0.2, -0.15) is 0 Å². The van der Waals surface area contributed by atoms with Crippen molar-refractivity contribution in [2.75, 3.05) is 13.3 Å². The number of carbonyl (C=O) groups excluding carboxylic acids is 1. The van der Waals surface area contributed by atoms with Crippen LogP contribution in [0.25, 0.3) is 0 Å². The van der Waals surface area contributed by atoms with Gasteiger partial charge in [0.1, 0.15) is 5.75 Å². The molecule has 1 aliphatic heterocycles. The SMILES string of the molecule is C[C@@H](Oc1ccc2c(c1)OCO2)C(=O)N(CCc1ccccc1)Cc1ccccc1. The summed E-state index contributed by atoms with van der Waals surface area (Å²) in [4.78, 5) is 15.1. The largest absolute Gasteiger partial charge is 0.481 e. The number of benzene rings is 3. The molecule has 3 aromatic rings. The van der Waals surface area contributed by atoms with Crippen LogP contribution in [0.3, 0.4) is 0 Å². The lowest BCUT2D eigenvalue weighted by Gasteiger charge is -2.26. The summed E-state index contributed by atoms with van der Waals surface area (Å²) in [5.74, 6) is 1.86. The molecular weight excluding hydrogens is 378 g/mol. The molecule has 3 aromatic carbocycles. The minimum Gasteiger partial charge on any atom is -0.481 e. The van der Waals surface area contributed by atoms with Crippen LogP contribution in [0, 0.1) is 0 Å². The average Bonchev–Trinajstić information content (AvgIpc) is 3.25. The maximum atomic E-state index is 13.3. The third-order valence-electron chi connectivity index (χ3n) is 5.05. The number of ether oxygens (including phenoxy) is 3. The number of hydrogen-bond donors (Lipinski definition) is 0. The van der Waals surface area contributed by atoms with E-state index in [4.69, 9.17) is 14.2 Å². The summed E-state index contributed by atoms with van der Waals surface area (Å²) < 4.78 is 16.7. The Morgan fingerprint density at radius 2 is 1.60 bits per heavy atom. The van der Waals surface area contributed by atoms with Gasteiger partial charge in [0.2, 0.25) is 6.79 Å². The van der Waals surface area contributed by atoms with Gasteiger partial charge in [-0.3, -0.25) is 4.79 Å². The van der Waals surface area contributed by atoms with Crippen LogP contribution in [0.1, 0.15) is 18.1 Å². The predicted molar refractivity (Wildman–Crippen MR) is 115 cm³/mol.